The molecule has 1 unspecified atom stereocenters. The zero-order valence-corrected chi connectivity index (χ0v) is 13.9. The number of aromatic nitrogens is 4. The molecule has 1 amide bonds. The zero-order valence-electron chi connectivity index (χ0n) is 13.9. The van der Waals surface area contributed by atoms with E-state index in [0.29, 0.717) is 5.95 Å². The van der Waals surface area contributed by atoms with Gasteiger partial charge in [-0.25, -0.2) is 9.97 Å². The topological polar surface area (TPSA) is 72.7 Å². The summed E-state index contributed by atoms with van der Waals surface area (Å²) in [6, 6.07) is 11.3. The predicted octanol–water partition coefficient (Wildman–Crippen LogP) is 3.16. The van der Waals surface area contributed by atoms with Gasteiger partial charge in [-0.1, -0.05) is 30.3 Å². The molecule has 0 aliphatic rings. The van der Waals surface area contributed by atoms with Gasteiger partial charge in [-0.15, -0.1) is 0 Å². The summed E-state index contributed by atoms with van der Waals surface area (Å²) in [7, 11) is 0. The Kier molecular flexibility index (Phi) is 4.37. The maximum absolute atomic E-state index is 12.4. The summed E-state index contributed by atoms with van der Waals surface area (Å²) < 4.78 is 1.62. The Bertz CT molecular complexity index is 857. The molecule has 3 rings (SSSR count). The second-order valence-electron chi connectivity index (χ2n) is 5.75. The van der Waals surface area contributed by atoms with E-state index >= 15 is 0 Å². The summed E-state index contributed by atoms with van der Waals surface area (Å²) in [5.74, 6) is 0.0947. The van der Waals surface area contributed by atoms with Gasteiger partial charge in [-0.2, -0.15) is 5.10 Å². The van der Waals surface area contributed by atoms with Gasteiger partial charge in [0.2, 0.25) is 5.95 Å². The normalized spacial score (nSPS) is 12.0. The fourth-order valence-corrected chi connectivity index (χ4v) is 2.36. The van der Waals surface area contributed by atoms with Gasteiger partial charge >= 0.3 is 0 Å². The highest BCUT2D eigenvalue weighted by Gasteiger charge is 2.17. The van der Waals surface area contributed by atoms with Crippen molar-refractivity contribution >= 4 is 11.9 Å². The SMILES string of the molecule is Cc1cnn(C(C)C(=O)Nc2nc(C)cc(-c3ccccc3)n2)c1. The molecule has 2 aromatic heterocycles. The third-order valence-electron chi connectivity index (χ3n) is 3.67. The number of benzene rings is 1. The van der Waals surface area contributed by atoms with Crippen molar-refractivity contribution in [2.45, 2.75) is 26.8 Å². The van der Waals surface area contributed by atoms with Crippen molar-refractivity contribution in [3.63, 3.8) is 0 Å². The molecular formula is C18H19N5O. The van der Waals surface area contributed by atoms with Gasteiger partial charge < -0.3 is 0 Å². The number of aryl methyl sites for hydroxylation is 2. The molecule has 3 aromatic rings. The fraction of sp³-hybridized carbons (Fsp3) is 0.222. The van der Waals surface area contributed by atoms with Crippen molar-refractivity contribution in [3.05, 3.63) is 60.0 Å². The number of carbonyl (C=O) groups excluding carboxylic acids is 1. The lowest BCUT2D eigenvalue weighted by Gasteiger charge is -2.12. The summed E-state index contributed by atoms with van der Waals surface area (Å²) in [5, 5.41) is 6.95. The molecule has 0 saturated carbocycles. The van der Waals surface area contributed by atoms with Crippen LogP contribution >= 0.6 is 0 Å². The van der Waals surface area contributed by atoms with Crippen LogP contribution in [0.2, 0.25) is 0 Å². The molecule has 2 heterocycles. The second kappa shape index (κ2) is 6.62. The Balaban J connectivity index is 1.82. The third kappa shape index (κ3) is 3.48. The molecule has 0 saturated heterocycles. The summed E-state index contributed by atoms with van der Waals surface area (Å²) in [4.78, 5) is 21.2. The minimum atomic E-state index is -0.442. The molecule has 0 fully saturated rings. The number of amides is 1. The van der Waals surface area contributed by atoms with Gasteiger partial charge in [0.25, 0.3) is 5.91 Å². The molecule has 24 heavy (non-hydrogen) atoms. The molecule has 0 bridgehead atoms. The smallest absolute Gasteiger partial charge is 0.251 e. The van der Waals surface area contributed by atoms with Crippen molar-refractivity contribution in [3.8, 4) is 11.3 Å². The Morgan fingerprint density at radius 2 is 1.92 bits per heavy atom. The first-order valence-electron chi connectivity index (χ1n) is 7.75. The summed E-state index contributed by atoms with van der Waals surface area (Å²) >= 11 is 0. The average molecular weight is 321 g/mol. The third-order valence-corrected chi connectivity index (χ3v) is 3.67. The predicted molar refractivity (Wildman–Crippen MR) is 92.5 cm³/mol. The zero-order chi connectivity index (χ0) is 17.1. The van der Waals surface area contributed by atoms with E-state index in [-0.39, 0.29) is 5.91 Å². The molecule has 1 atom stereocenters. The molecule has 1 N–H and O–H groups in total. The monoisotopic (exact) mass is 321 g/mol. The Morgan fingerprint density at radius 3 is 2.58 bits per heavy atom. The van der Waals surface area contributed by atoms with Crippen LogP contribution in [0, 0.1) is 13.8 Å². The van der Waals surface area contributed by atoms with Crippen LogP contribution in [0.3, 0.4) is 0 Å². The molecule has 0 aliphatic carbocycles. The number of hydrogen-bond acceptors (Lipinski definition) is 4. The standard InChI is InChI=1S/C18H19N5O/c1-12-10-19-23(11-12)14(3)17(24)22-18-20-13(2)9-16(21-18)15-7-5-4-6-8-15/h4-11,14H,1-3H3,(H,20,21,22,24). The number of carbonyl (C=O) groups is 1. The number of rotatable bonds is 4. The van der Waals surface area contributed by atoms with Gasteiger partial charge in [0.05, 0.1) is 11.9 Å². The molecule has 0 spiro atoms. The molecule has 0 radical (unpaired) electrons. The molecule has 1 aromatic carbocycles. The number of anilines is 1. The lowest BCUT2D eigenvalue weighted by molar-refractivity contribution is -0.119. The van der Waals surface area contributed by atoms with Crippen molar-refractivity contribution in [2.75, 3.05) is 5.32 Å². The first kappa shape index (κ1) is 15.9. The van der Waals surface area contributed by atoms with E-state index < -0.39 is 6.04 Å². The fourth-order valence-electron chi connectivity index (χ4n) is 2.36. The van der Waals surface area contributed by atoms with Gasteiger partial charge in [-0.05, 0) is 32.4 Å². The van der Waals surface area contributed by atoms with E-state index in [9.17, 15) is 4.79 Å². The van der Waals surface area contributed by atoms with Crippen LogP contribution in [-0.4, -0.2) is 25.7 Å². The van der Waals surface area contributed by atoms with Gasteiger partial charge in [0, 0.05) is 17.5 Å². The highest BCUT2D eigenvalue weighted by Crippen LogP contribution is 2.19. The molecule has 6 nitrogen and oxygen atoms in total. The van der Waals surface area contributed by atoms with Crippen LogP contribution in [0.4, 0.5) is 5.95 Å². The van der Waals surface area contributed by atoms with E-state index in [1.807, 2.05) is 56.4 Å². The van der Waals surface area contributed by atoms with Crippen molar-refractivity contribution < 1.29 is 4.79 Å². The van der Waals surface area contributed by atoms with Crippen molar-refractivity contribution in [1.82, 2.24) is 19.7 Å². The summed E-state index contributed by atoms with van der Waals surface area (Å²) in [6.07, 6.45) is 3.55. The molecular weight excluding hydrogens is 302 g/mol. The largest absolute Gasteiger partial charge is 0.293 e. The second-order valence-corrected chi connectivity index (χ2v) is 5.75. The van der Waals surface area contributed by atoms with Gasteiger partial charge in [0.1, 0.15) is 6.04 Å². The van der Waals surface area contributed by atoms with Crippen LogP contribution in [0.15, 0.2) is 48.8 Å². The summed E-state index contributed by atoms with van der Waals surface area (Å²) in [5.41, 5.74) is 3.56. The summed E-state index contributed by atoms with van der Waals surface area (Å²) in [6.45, 7) is 5.60. The van der Waals surface area contributed by atoms with Crippen LogP contribution in [0.5, 0.6) is 0 Å². The first-order valence-corrected chi connectivity index (χ1v) is 7.75. The molecule has 0 aliphatic heterocycles. The maximum Gasteiger partial charge on any atom is 0.251 e. The quantitative estimate of drug-likeness (QED) is 0.801. The Hall–Kier alpha value is -3.02. The van der Waals surface area contributed by atoms with E-state index in [1.54, 1.807) is 17.8 Å². The van der Waals surface area contributed by atoms with Crippen LogP contribution < -0.4 is 5.32 Å². The van der Waals surface area contributed by atoms with Crippen molar-refractivity contribution in [1.29, 1.82) is 0 Å². The Morgan fingerprint density at radius 1 is 1.17 bits per heavy atom. The lowest BCUT2D eigenvalue weighted by atomic mass is 10.1. The first-order chi connectivity index (χ1) is 11.5. The minimum Gasteiger partial charge on any atom is -0.293 e. The van der Waals surface area contributed by atoms with E-state index in [1.165, 1.54) is 0 Å². The van der Waals surface area contributed by atoms with Crippen LogP contribution in [0.25, 0.3) is 11.3 Å². The minimum absolute atomic E-state index is 0.206. The molecule has 6 heteroatoms. The average Bonchev–Trinajstić information content (AvgIpc) is 3.01. The lowest BCUT2D eigenvalue weighted by Crippen LogP contribution is -2.25. The van der Waals surface area contributed by atoms with Crippen molar-refractivity contribution in [2.24, 2.45) is 0 Å². The number of hydrogen-bond donors (Lipinski definition) is 1. The van der Waals surface area contributed by atoms with E-state index in [0.717, 1.165) is 22.5 Å². The van der Waals surface area contributed by atoms with E-state index in [2.05, 4.69) is 20.4 Å². The molecule has 122 valence electrons. The van der Waals surface area contributed by atoms with Gasteiger partial charge in [-0.3, -0.25) is 14.8 Å². The highest BCUT2D eigenvalue weighted by atomic mass is 16.2. The Labute approximate surface area is 140 Å². The van der Waals surface area contributed by atoms with Crippen LogP contribution in [0.1, 0.15) is 24.2 Å². The maximum atomic E-state index is 12.4. The number of nitrogens with zero attached hydrogens (tertiary/aromatic N) is 4. The highest BCUT2D eigenvalue weighted by molar-refractivity contribution is 5.92. The van der Waals surface area contributed by atoms with Crippen LogP contribution in [-0.2, 0) is 4.79 Å². The van der Waals surface area contributed by atoms with E-state index in [4.69, 9.17) is 0 Å². The van der Waals surface area contributed by atoms with Gasteiger partial charge in [0.15, 0.2) is 0 Å². The number of nitrogens with one attached hydrogen (secondary N) is 1.